The second-order valence-corrected chi connectivity index (χ2v) is 13.2. The zero-order valence-electron chi connectivity index (χ0n) is 20.6. The van der Waals surface area contributed by atoms with Crippen molar-refractivity contribution in [3.05, 3.63) is 0 Å². The Labute approximate surface area is 185 Å². The quantitative estimate of drug-likeness (QED) is 0.445. The van der Waals surface area contributed by atoms with E-state index in [0.29, 0.717) is 11.2 Å². The molecule has 0 amide bonds. The number of carbonyl (C=O) groups excluding carboxylic acids is 1. The number of fused-ring (bicyclic) bond motifs is 4. The van der Waals surface area contributed by atoms with Crippen LogP contribution < -0.4 is 0 Å². The molecule has 1 saturated heterocycles. The summed E-state index contributed by atoms with van der Waals surface area (Å²) in [5, 5.41) is 0. The molecule has 0 N–H and O–H groups in total. The summed E-state index contributed by atoms with van der Waals surface area (Å²) in [4.78, 5) is 12.7. The van der Waals surface area contributed by atoms with Gasteiger partial charge in [0, 0.05) is 11.8 Å². The van der Waals surface area contributed by atoms with E-state index in [2.05, 4.69) is 41.5 Å². The van der Waals surface area contributed by atoms with Gasteiger partial charge in [-0.2, -0.15) is 0 Å². The van der Waals surface area contributed by atoms with Gasteiger partial charge in [0.05, 0.1) is 0 Å². The molecule has 0 aromatic heterocycles. The summed E-state index contributed by atoms with van der Waals surface area (Å²) in [6, 6.07) is 0. The van der Waals surface area contributed by atoms with E-state index in [0.717, 1.165) is 54.8 Å². The molecule has 5 fully saturated rings. The Morgan fingerprint density at radius 3 is 2.43 bits per heavy atom. The normalized spacial score (nSPS) is 53.0. The lowest BCUT2D eigenvalue weighted by molar-refractivity contribution is -0.135. The lowest BCUT2D eigenvalue weighted by Gasteiger charge is -2.60. The Morgan fingerprint density at radius 1 is 0.933 bits per heavy atom. The van der Waals surface area contributed by atoms with Gasteiger partial charge in [0.2, 0.25) is 0 Å². The van der Waals surface area contributed by atoms with Crippen molar-refractivity contribution in [2.45, 2.75) is 123 Å². The molecule has 1 aliphatic heterocycles. The first-order chi connectivity index (χ1) is 14.1. The maximum Gasteiger partial charge on any atom is 0.167 e. The van der Waals surface area contributed by atoms with Crippen molar-refractivity contribution < 1.29 is 9.53 Å². The van der Waals surface area contributed by atoms with Crippen LogP contribution in [0.5, 0.6) is 0 Å². The molecule has 1 heterocycles. The smallest absolute Gasteiger partial charge is 0.167 e. The van der Waals surface area contributed by atoms with E-state index < -0.39 is 5.60 Å². The van der Waals surface area contributed by atoms with Crippen LogP contribution in [0, 0.1) is 46.3 Å². The second-order valence-electron chi connectivity index (χ2n) is 13.2. The highest BCUT2D eigenvalue weighted by Gasteiger charge is 2.82. The third kappa shape index (κ3) is 2.61. The minimum Gasteiger partial charge on any atom is -0.354 e. The molecule has 3 unspecified atom stereocenters. The predicted molar refractivity (Wildman–Crippen MR) is 122 cm³/mol. The molecule has 30 heavy (non-hydrogen) atoms. The van der Waals surface area contributed by atoms with Gasteiger partial charge in [-0.05, 0) is 92.8 Å². The van der Waals surface area contributed by atoms with Gasteiger partial charge in [-0.15, -0.1) is 0 Å². The lowest BCUT2D eigenvalue weighted by atomic mass is 9.43. The summed E-state index contributed by atoms with van der Waals surface area (Å²) in [6.45, 7) is 14.6. The molecule has 5 aliphatic rings. The molecular weight excluding hydrogens is 368 g/mol. The molecule has 0 aromatic carbocycles. The summed E-state index contributed by atoms with van der Waals surface area (Å²) in [6.07, 6.45) is 14.2. The zero-order chi connectivity index (χ0) is 21.5. The van der Waals surface area contributed by atoms with Crippen LogP contribution in [-0.4, -0.2) is 17.0 Å². The molecule has 5 rings (SSSR count). The van der Waals surface area contributed by atoms with Crippen molar-refractivity contribution in [3.8, 4) is 0 Å². The van der Waals surface area contributed by atoms with E-state index in [4.69, 9.17) is 4.74 Å². The van der Waals surface area contributed by atoms with Gasteiger partial charge < -0.3 is 4.74 Å². The summed E-state index contributed by atoms with van der Waals surface area (Å²) in [5.74, 6) is 5.58. The summed E-state index contributed by atoms with van der Waals surface area (Å²) in [5.41, 5.74) is 0.208. The van der Waals surface area contributed by atoms with E-state index in [9.17, 15) is 4.79 Å². The molecule has 2 heteroatoms. The SMILES string of the molecule is CC(C)CCC[C@@H](C)[C@H]1CC[C@H]2C3CCC45OC4(C)C(=O)CC[C@]5(C)[C@H]3CC[C@]12C. The van der Waals surface area contributed by atoms with Gasteiger partial charge in [-0.3, -0.25) is 4.79 Å². The minimum absolute atomic E-state index is 0.119. The van der Waals surface area contributed by atoms with Gasteiger partial charge in [-0.1, -0.05) is 53.9 Å². The Morgan fingerprint density at radius 2 is 1.70 bits per heavy atom. The first kappa shape index (κ1) is 21.5. The number of ether oxygens (including phenoxy) is 1. The van der Waals surface area contributed by atoms with Crippen LogP contribution in [0.2, 0.25) is 0 Å². The Hall–Kier alpha value is -0.370. The van der Waals surface area contributed by atoms with Gasteiger partial charge in [0.15, 0.2) is 11.4 Å². The third-order valence-electron chi connectivity index (χ3n) is 11.7. The number of rotatable bonds is 5. The fourth-order valence-corrected chi connectivity index (χ4v) is 10.0. The Balaban J connectivity index is 1.34. The Bertz CT molecular complexity index is 713. The first-order valence-corrected chi connectivity index (χ1v) is 13.3. The highest BCUT2D eigenvalue weighted by atomic mass is 16.6. The number of carbonyl (C=O) groups is 1. The Kier molecular flexibility index (Phi) is 4.88. The zero-order valence-corrected chi connectivity index (χ0v) is 20.6. The molecule has 170 valence electrons. The molecular formula is C28H46O2. The van der Waals surface area contributed by atoms with Gasteiger partial charge >= 0.3 is 0 Å². The maximum atomic E-state index is 12.7. The van der Waals surface area contributed by atoms with Gasteiger partial charge in [0.1, 0.15) is 5.60 Å². The van der Waals surface area contributed by atoms with E-state index >= 15 is 0 Å². The molecule has 1 spiro atoms. The average Bonchev–Trinajstić information content (AvgIpc) is 3.17. The van der Waals surface area contributed by atoms with Crippen molar-refractivity contribution in [3.63, 3.8) is 0 Å². The van der Waals surface area contributed by atoms with E-state index in [1.54, 1.807) is 0 Å². The van der Waals surface area contributed by atoms with Crippen molar-refractivity contribution >= 4 is 5.78 Å². The second kappa shape index (κ2) is 6.82. The molecule has 2 nitrogen and oxygen atoms in total. The fourth-order valence-electron chi connectivity index (χ4n) is 10.0. The molecule has 4 aliphatic carbocycles. The number of hydrogen-bond acceptors (Lipinski definition) is 2. The van der Waals surface area contributed by atoms with Gasteiger partial charge in [-0.25, -0.2) is 0 Å². The lowest BCUT2D eigenvalue weighted by Crippen LogP contribution is -2.60. The average molecular weight is 415 g/mol. The number of Topliss-reactive ketones (excluding diaryl/α,β-unsaturated/α-hetero) is 1. The van der Waals surface area contributed by atoms with Crippen LogP contribution >= 0.6 is 0 Å². The van der Waals surface area contributed by atoms with Crippen molar-refractivity contribution in [2.75, 3.05) is 0 Å². The van der Waals surface area contributed by atoms with Crippen LogP contribution in [0.25, 0.3) is 0 Å². The fraction of sp³-hybridized carbons (Fsp3) is 0.964. The van der Waals surface area contributed by atoms with Crippen LogP contribution in [-0.2, 0) is 9.53 Å². The minimum atomic E-state index is -0.450. The van der Waals surface area contributed by atoms with Crippen molar-refractivity contribution in [1.29, 1.82) is 0 Å². The highest BCUT2D eigenvalue weighted by molar-refractivity contribution is 5.93. The largest absolute Gasteiger partial charge is 0.354 e. The number of epoxide rings is 1. The number of ketones is 1. The third-order valence-corrected chi connectivity index (χ3v) is 11.7. The number of hydrogen-bond donors (Lipinski definition) is 0. The van der Waals surface area contributed by atoms with E-state index in [1.165, 1.54) is 51.4 Å². The highest BCUT2D eigenvalue weighted by Crippen LogP contribution is 2.76. The van der Waals surface area contributed by atoms with Crippen LogP contribution in [0.1, 0.15) is 112 Å². The molecule has 0 bridgehead atoms. The molecule has 9 atom stereocenters. The standard InChI is InChI=1S/C28H46O2/c1-18(2)8-7-9-19(3)21-10-11-22-20-12-17-28-26(5,23(20)13-15-25(21,22)4)16-14-24(29)27(28,6)30-28/h18-23H,7-17H2,1-6H3/t19-,20?,21-,22+,23+,25-,26-,27?,28?/m1/s1. The summed E-state index contributed by atoms with van der Waals surface area (Å²) < 4.78 is 6.43. The maximum absolute atomic E-state index is 12.7. The molecule has 0 aromatic rings. The van der Waals surface area contributed by atoms with Crippen LogP contribution in [0.15, 0.2) is 0 Å². The van der Waals surface area contributed by atoms with E-state index in [-0.39, 0.29) is 11.0 Å². The van der Waals surface area contributed by atoms with Gasteiger partial charge in [0.25, 0.3) is 0 Å². The first-order valence-electron chi connectivity index (χ1n) is 13.3. The van der Waals surface area contributed by atoms with Crippen LogP contribution in [0.4, 0.5) is 0 Å². The summed E-state index contributed by atoms with van der Waals surface area (Å²) in [7, 11) is 0. The molecule has 0 radical (unpaired) electrons. The predicted octanol–water partition coefficient (Wildman–Crippen LogP) is 7.20. The van der Waals surface area contributed by atoms with Crippen LogP contribution in [0.3, 0.4) is 0 Å². The summed E-state index contributed by atoms with van der Waals surface area (Å²) >= 11 is 0. The molecule has 4 saturated carbocycles. The van der Waals surface area contributed by atoms with Crippen molar-refractivity contribution in [1.82, 2.24) is 0 Å². The van der Waals surface area contributed by atoms with E-state index in [1.807, 2.05) is 0 Å². The monoisotopic (exact) mass is 414 g/mol. The topological polar surface area (TPSA) is 29.6 Å². The van der Waals surface area contributed by atoms with Crippen molar-refractivity contribution in [2.24, 2.45) is 46.3 Å².